The molecule has 0 saturated carbocycles. The summed E-state index contributed by atoms with van der Waals surface area (Å²) in [5, 5.41) is 4.23. The molecule has 3 heteroatoms. The fraction of sp³-hybridized carbons (Fsp3) is 0.286. The summed E-state index contributed by atoms with van der Waals surface area (Å²) in [6.07, 6.45) is 0. The zero-order valence-corrected chi connectivity index (χ0v) is 14.9. The predicted molar refractivity (Wildman–Crippen MR) is 101 cm³/mol. The van der Waals surface area contributed by atoms with Gasteiger partial charge in [0.15, 0.2) is 0 Å². The highest BCUT2D eigenvalue weighted by Gasteiger charge is 2.34. The van der Waals surface area contributed by atoms with Gasteiger partial charge < -0.3 is 10.3 Å². The van der Waals surface area contributed by atoms with E-state index in [2.05, 4.69) is 29.4 Å². The molecule has 0 aliphatic carbocycles. The van der Waals surface area contributed by atoms with Crippen molar-refractivity contribution in [3.05, 3.63) is 64.8 Å². The Balaban J connectivity index is 2.01. The number of H-pyrrole nitrogens is 1. The normalized spacial score (nSPS) is 11.7. The lowest BCUT2D eigenvalue weighted by Gasteiger charge is -2.25. The van der Waals surface area contributed by atoms with Gasteiger partial charge in [-0.25, -0.2) is 0 Å². The Hall–Kier alpha value is -2.55. The van der Waals surface area contributed by atoms with E-state index >= 15 is 0 Å². The molecule has 0 spiro atoms. The lowest BCUT2D eigenvalue weighted by atomic mass is 9.81. The third-order valence-electron chi connectivity index (χ3n) is 4.94. The summed E-state index contributed by atoms with van der Waals surface area (Å²) >= 11 is 0. The summed E-state index contributed by atoms with van der Waals surface area (Å²) in [4.78, 5) is 16.5. The van der Waals surface area contributed by atoms with Gasteiger partial charge in [-0.2, -0.15) is 0 Å². The summed E-state index contributed by atoms with van der Waals surface area (Å²) in [6.45, 7) is 10.1. The number of para-hydroxylation sites is 1. The quantitative estimate of drug-likeness (QED) is 0.700. The molecule has 0 atom stereocenters. The molecule has 1 amide bonds. The Labute approximate surface area is 143 Å². The van der Waals surface area contributed by atoms with Gasteiger partial charge in [0.1, 0.15) is 0 Å². The van der Waals surface area contributed by atoms with Crippen molar-refractivity contribution < 1.29 is 4.79 Å². The van der Waals surface area contributed by atoms with Gasteiger partial charge in [0, 0.05) is 22.3 Å². The summed E-state index contributed by atoms with van der Waals surface area (Å²) in [6, 6.07) is 14.1. The summed E-state index contributed by atoms with van der Waals surface area (Å²) in [7, 11) is 0. The van der Waals surface area contributed by atoms with Crippen molar-refractivity contribution in [1.29, 1.82) is 0 Å². The first-order chi connectivity index (χ1) is 11.3. The van der Waals surface area contributed by atoms with Crippen LogP contribution in [0.1, 0.15) is 36.2 Å². The van der Waals surface area contributed by atoms with Crippen molar-refractivity contribution in [2.75, 3.05) is 5.32 Å². The highest BCUT2D eigenvalue weighted by Crippen LogP contribution is 2.34. The van der Waals surface area contributed by atoms with Crippen molar-refractivity contribution in [2.45, 2.75) is 40.0 Å². The van der Waals surface area contributed by atoms with E-state index in [-0.39, 0.29) is 5.91 Å². The first kappa shape index (κ1) is 16.3. The molecule has 0 aliphatic heterocycles. The average Bonchev–Trinajstić information content (AvgIpc) is 2.88. The number of anilines is 1. The number of rotatable bonds is 3. The third kappa shape index (κ3) is 2.60. The lowest BCUT2D eigenvalue weighted by Crippen LogP contribution is -2.35. The number of carbonyl (C=O) groups is 1. The summed E-state index contributed by atoms with van der Waals surface area (Å²) < 4.78 is 0. The highest BCUT2D eigenvalue weighted by atomic mass is 16.2. The van der Waals surface area contributed by atoms with Gasteiger partial charge in [-0.15, -0.1) is 0 Å². The fourth-order valence-electron chi connectivity index (χ4n) is 3.36. The monoisotopic (exact) mass is 320 g/mol. The molecule has 0 radical (unpaired) electrons. The van der Waals surface area contributed by atoms with Crippen molar-refractivity contribution in [2.24, 2.45) is 0 Å². The van der Waals surface area contributed by atoms with Crippen LogP contribution in [0, 0.1) is 20.8 Å². The first-order valence-electron chi connectivity index (χ1n) is 8.28. The number of aromatic amines is 1. The number of hydrogen-bond donors (Lipinski definition) is 2. The molecule has 1 aromatic heterocycles. The van der Waals surface area contributed by atoms with Crippen LogP contribution in [-0.2, 0) is 10.2 Å². The lowest BCUT2D eigenvalue weighted by molar-refractivity contribution is -0.120. The maximum atomic E-state index is 13.1. The number of aryl methyl sites for hydroxylation is 2. The van der Waals surface area contributed by atoms with Crippen molar-refractivity contribution >= 4 is 22.5 Å². The van der Waals surface area contributed by atoms with Gasteiger partial charge in [0.2, 0.25) is 5.91 Å². The van der Waals surface area contributed by atoms with E-state index in [1.54, 1.807) is 0 Å². The fourth-order valence-corrected chi connectivity index (χ4v) is 3.36. The molecule has 3 rings (SSSR count). The second kappa shape index (κ2) is 5.82. The van der Waals surface area contributed by atoms with Gasteiger partial charge in [-0.3, -0.25) is 4.79 Å². The maximum absolute atomic E-state index is 13.1. The summed E-state index contributed by atoms with van der Waals surface area (Å²) in [5.74, 6) is 0.00375. The summed E-state index contributed by atoms with van der Waals surface area (Å²) in [5.41, 5.74) is 5.69. The number of fused-ring (bicyclic) bond motifs is 1. The van der Waals surface area contributed by atoms with E-state index in [9.17, 15) is 4.79 Å². The zero-order valence-electron chi connectivity index (χ0n) is 14.9. The first-order valence-corrected chi connectivity index (χ1v) is 8.28. The van der Waals surface area contributed by atoms with Gasteiger partial charge in [-0.05, 0) is 63.4 Å². The number of aromatic nitrogens is 1. The van der Waals surface area contributed by atoms with E-state index < -0.39 is 5.41 Å². The van der Waals surface area contributed by atoms with Crippen LogP contribution in [0.2, 0.25) is 0 Å². The van der Waals surface area contributed by atoms with E-state index in [0.717, 1.165) is 33.4 Å². The molecule has 24 heavy (non-hydrogen) atoms. The van der Waals surface area contributed by atoms with Gasteiger partial charge in [-0.1, -0.05) is 30.3 Å². The number of hydrogen-bond acceptors (Lipinski definition) is 1. The largest absolute Gasteiger partial charge is 0.358 e. The smallest absolute Gasteiger partial charge is 0.234 e. The molecular formula is C21H24N2O. The third-order valence-corrected chi connectivity index (χ3v) is 4.94. The minimum absolute atomic E-state index is 0.00375. The molecule has 0 aliphatic rings. The van der Waals surface area contributed by atoms with Crippen LogP contribution in [0.15, 0.2) is 42.5 Å². The van der Waals surface area contributed by atoms with Crippen LogP contribution in [0.25, 0.3) is 10.9 Å². The van der Waals surface area contributed by atoms with Crippen LogP contribution < -0.4 is 5.32 Å². The number of nitrogens with one attached hydrogen (secondary N) is 2. The zero-order chi connectivity index (χ0) is 17.5. The Morgan fingerprint density at radius 2 is 1.71 bits per heavy atom. The second-order valence-corrected chi connectivity index (χ2v) is 7.00. The standard InChI is InChI=1S/C21H24N2O/c1-13-9-8-12-17(14(13)2)23-20(24)21(4,5)19-15(3)22-18-11-7-6-10-16(18)19/h6-12,22H,1-5H3,(H,23,24). The van der Waals surface area contributed by atoms with Crippen LogP contribution in [0.4, 0.5) is 5.69 Å². The molecule has 0 unspecified atom stereocenters. The van der Waals surface area contributed by atoms with Crippen molar-refractivity contribution in [3.63, 3.8) is 0 Å². The average molecular weight is 320 g/mol. The number of benzene rings is 2. The number of carbonyl (C=O) groups excluding carboxylic acids is 1. The van der Waals surface area contributed by atoms with Crippen LogP contribution in [0.5, 0.6) is 0 Å². The Bertz CT molecular complexity index is 919. The predicted octanol–water partition coefficient (Wildman–Crippen LogP) is 5.01. The van der Waals surface area contributed by atoms with Crippen LogP contribution in [-0.4, -0.2) is 10.9 Å². The SMILES string of the molecule is Cc1cccc(NC(=O)C(C)(C)c2c(C)[nH]c3ccccc23)c1C. The molecule has 0 saturated heterocycles. The Morgan fingerprint density at radius 1 is 1.00 bits per heavy atom. The van der Waals surface area contributed by atoms with E-state index in [1.807, 2.05) is 58.0 Å². The van der Waals surface area contributed by atoms with E-state index in [4.69, 9.17) is 0 Å². The molecule has 0 bridgehead atoms. The molecule has 1 heterocycles. The second-order valence-electron chi connectivity index (χ2n) is 7.00. The Morgan fingerprint density at radius 3 is 2.46 bits per heavy atom. The van der Waals surface area contributed by atoms with Gasteiger partial charge in [0.25, 0.3) is 0 Å². The van der Waals surface area contributed by atoms with Crippen LogP contribution >= 0.6 is 0 Å². The van der Waals surface area contributed by atoms with E-state index in [0.29, 0.717) is 0 Å². The molecule has 3 aromatic rings. The maximum Gasteiger partial charge on any atom is 0.234 e. The van der Waals surface area contributed by atoms with Gasteiger partial charge >= 0.3 is 0 Å². The topological polar surface area (TPSA) is 44.9 Å². The Kier molecular flexibility index (Phi) is 3.96. The number of amides is 1. The molecular weight excluding hydrogens is 296 g/mol. The minimum atomic E-state index is -0.639. The molecule has 124 valence electrons. The van der Waals surface area contributed by atoms with E-state index in [1.165, 1.54) is 5.56 Å². The molecule has 2 aromatic carbocycles. The minimum Gasteiger partial charge on any atom is -0.358 e. The van der Waals surface area contributed by atoms with Gasteiger partial charge in [0.05, 0.1) is 5.41 Å². The molecule has 2 N–H and O–H groups in total. The van der Waals surface area contributed by atoms with Crippen LogP contribution in [0.3, 0.4) is 0 Å². The highest BCUT2D eigenvalue weighted by molar-refractivity contribution is 6.02. The van der Waals surface area contributed by atoms with Crippen molar-refractivity contribution in [3.8, 4) is 0 Å². The molecule has 0 fully saturated rings. The molecule has 3 nitrogen and oxygen atoms in total. The van der Waals surface area contributed by atoms with Crippen molar-refractivity contribution in [1.82, 2.24) is 4.98 Å².